The number of alkyl halides is 3. The van der Waals surface area contributed by atoms with Crippen LogP contribution in [0, 0.1) is 0 Å². The second-order valence-corrected chi connectivity index (χ2v) is 8.64. The second kappa shape index (κ2) is 8.70. The van der Waals surface area contributed by atoms with Crippen LogP contribution < -0.4 is 10.6 Å². The molecule has 2 rings (SSSR count). The van der Waals surface area contributed by atoms with Gasteiger partial charge in [-0.05, 0) is 38.8 Å². The summed E-state index contributed by atoms with van der Waals surface area (Å²) < 4.78 is 66.5. The van der Waals surface area contributed by atoms with Crippen LogP contribution in [0.25, 0.3) is 0 Å². The summed E-state index contributed by atoms with van der Waals surface area (Å²) in [6.45, 7) is 3.47. The summed E-state index contributed by atoms with van der Waals surface area (Å²) >= 11 is 0. The van der Waals surface area contributed by atoms with Crippen molar-refractivity contribution in [2.75, 3.05) is 26.2 Å². The Morgan fingerprint density at radius 3 is 2.54 bits per heavy atom. The Morgan fingerprint density at radius 2 is 2.04 bits per heavy atom. The number of hydrogen-bond donors (Lipinski definition) is 3. The van der Waals surface area contributed by atoms with Crippen molar-refractivity contribution in [3.8, 4) is 0 Å². The Labute approximate surface area is 161 Å². The molecule has 0 radical (unpaired) electrons. The van der Waals surface area contributed by atoms with Gasteiger partial charge in [0.25, 0.3) is 0 Å². The average molecular weight is 426 g/mol. The van der Waals surface area contributed by atoms with Gasteiger partial charge in [0.1, 0.15) is 11.4 Å². The van der Waals surface area contributed by atoms with Gasteiger partial charge in [-0.15, -0.1) is 0 Å². The Hall–Kier alpha value is -1.79. The van der Waals surface area contributed by atoms with Crippen LogP contribution in [0.1, 0.15) is 32.4 Å². The number of nitrogens with one attached hydrogen (secondary N) is 2. The van der Waals surface area contributed by atoms with Gasteiger partial charge in [-0.3, -0.25) is 0 Å². The topological polar surface area (TPSA) is 107 Å². The number of piperidine rings is 1. The standard InChI is InChI=1S/C16H25F3N4O4S/c1-3-20-14(21-11-15(2,24)13-5-4-10-27-13)22-12-6-8-23(9-7-12)28(25,26)16(17,18)19/h4-5,10,12,24H,3,6-9,11H2,1-2H3,(H2,20,21,22). The lowest BCUT2D eigenvalue weighted by Gasteiger charge is -2.32. The van der Waals surface area contributed by atoms with Crippen LogP contribution in [0.2, 0.25) is 0 Å². The summed E-state index contributed by atoms with van der Waals surface area (Å²) in [5.74, 6) is 0.740. The van der Waals surface area contributed by atoms with Gasteiger partial charge < -0.3 is 20.2 Å². The number of rotatable bonds is 6. The molecule has 0 bridgehead atoms. The van der Waals surface area contributed by atoms with E-state index >= 15 is 0 Å². The van der Waals surface area contributed by atoms with Gasteiger partial charge in [0.05, 0.1) is 12.8 Å². The lowest BCUT2D eigenvalue weighted by atomic mass is 10.0. The van der Waals surface area contributed by atoms with Crippen molar-refractivity contribution in [1.82, 2.24) is 14.9 Å². The molecule has 12 heteroatoms. The van der Waals surface area contributed by atoms with Gasteiger partial charge >= 0.3 is 15.5 Å². The minimum absolute atomic E-state index is 0.00283. The van der Waals surface area contributed by atoms with E-state index in [-0.39, 0.29) is 38.5 Å². The van der Waals surface area contributed by atoms with Gasteiger partial charge in [0, 0.05) is 25.7 Å². The molecule has 1 aromatic rings. The molecule has 1 fully saturated rings. The summed E-state index contributed by atoms with van der Waals surface area (Å²) in [5, 5.41) is 16.5. The van der Waals surface area contributed by atoms with Crippen LogP contribution >= 0.6 is 0 Å². The molecular weight excluding hydrogens is 401 g/mol. The predicted octanol–water partition coefficient (Wildman–Crippen LogP) is 1.36. The molecule has 0 spiro atoms. The molecule has 28 heavy (non-hydrogen) atoms. The third kappa shape index (κ3) is 5.39. The number of furan rings is 1. The minimum atomic E-state index is -5.30. The Balaban J connectivity index is 1.97. The highest BCUT2D eigenvalue weighted by Crippen LogP contribution is 2.29. The molecule has 1 aliphatic rings. The van der Waals surface area contributed by atoms with Crippen molar-refractivity contribution in [3.63, 3.8) is 0 Å². The molecule has 8 nitrogen and oxygen atoms in total. The van der Waals surface area contributed by atoms with E-state index in [4.69, 9.17) is 4.42 Å². The summed E-state index contributed by atoms with van der Waals surface area (Å²) in [6.07, 6.45) is 1.85. The molecule has 0 amide bonds. The number of sulfonamides is 1. The molecule has 2 heterocycles. The highest BCUT2D eigenvalue weighted by Gasteiger charge is 2.50. The van der Waals surface area contributed by atoms with E-state index in [1.165, 1.54) is 6.26 Å². The molecule has 160 valence electrons. The van der Waals surface area contributed by atoms with Gasteiger partial charge in [-0.2, -0.15) is 17.5 Å². The van der Waals surface area contributed by atoms with Crippen molar-refractivity contribution >= 4 is 16.0 Å². The number of aliphatic hydroxyl groups is 1. The van der Waals surface area contributed by atoms with E-state index in [0.717, 1.165) is 0 Å². The van der Waals surface area contributed by atoms with Crippen LogP contribution in [-0.2, 0) is 15.6 Å². The Morgan fingerprint density at radius 1 is 1.39 bits per heavy atom. The smallest absolute Gasteiger partial charge is 0.466 e. The molecule has 1 unspecified atom stereocenters. The van der Waals surface area contributed by atoms with Crippen molar-refractivity contribution in [2.24, 2.45) is 4.99 Å². The molecule has 0 saturated carbocycles. The second-order valence-electron chi connectivity index (χ2n) is 6.71. The molecule has 3 N–H and O–H groups in total. The highest BCUT2D eigenvalue weighted by atomic mass is 32.2. The van der Waals surface area contributed by atoms with Crippen LogP contribution in [0.3, 0.4) is 0 Å². The summed E-state index contributed by atoms with van der Waals surface area (Å²) in [5.41, 5.74) is -6.61. The third-order valence-corrected chi connectivity index (χ3v) is 6.00. The zero-order chi connectivity index (χ0) is 21.0. The van der Waals surface area contributed by atoms with Crippen molar-refractivity contribution in [1.29, 1.82) is 0 Å². The maximum Gasteiger partial charge on any atom is 0.511 e. The van der Waals surface area contributed by atoms with E-state index in [2.05, 4.69) is 15.6 Å². The normalized spacial score (nSPS) is 20.0. The number of hydrogen-bond acceptors (Lipinski definition) is 5. The molecular formula is C16H25F3N4O4S. The number of halogens is 3. The first-order chi connectivity index (χ1) is 13.0. The van der Waals surface area contributed by atoms with Crippen LogP contribution in [0.4, 0.5) is 13.2 Å². The van der Waals surface area contributed by atoms with Crippen LogP contribution in [0.5, 0.6) is 0 Å². The fourth-order valence-electron chi connectivity index (χ4n) is 2.80. The molecule has 1 atom stereocenters. The van der Waals surface area contributed by atoms with Crippen molar-refractivity contribution < 1.29 is 31.1 Å². The Kier molecular flexibility index (Phi) is 6.99. The zero-order valence-electron chi connectivity index (χ0n) is 15.7. The van der Waals surface area contributed by atoms with Crippen molar-refractivity contribution in [2.45, 2.75) is 43.8 Å². The van der Waals surface area contributed by atoms with Gasteiger partial charge in [-0.25, -0.2) is 13.4 Å². The van der Waals surface area contributed by atoms with E-state index < -0.39 is 21.1 Å². The lowest BCUT2D eigenvalue weighted by molar-refractivity contribution is -0.0494. The van der Waals surface area contributed by atoms with Crippen molar-refractivity contribution in [3.05, 3.63) is 24.2 Å². The number of guanidine groups is 1. The first-order valence-corrected chi connectivity index (χ1v) is 10.3. The van der Waals surface area contributed by atoms with E-state index in [1.807, 2.05) is 6.92 Å². The van der Waals surface area contributed by atoms with Gasteiger partial charge in [-0.1, -0.05) is 0 Å². The average Bonchev–Trinajstić information content (AvgIpc) is 3.15. The number of nitrogens with zero attached hydrogens (tertiary/aromatic N) is 2. The Bertz CT molecular complexity index is 755. The number of aliphatic imine (C=N–C) groups is 1. The SMILES string of the molecule is CCNC(=NCC(C)(O)c1ccco1)NC1CCN(S(=O)(=O)C(F)(F)F)CC1. The maximum absolute atomic E-state index is 12.6. The molecule has 0 aromatic carbocycles. The van der Waals surface area contributed by atoms with Gasteiger partial charge in [0.15, 0.2) is 5.96 Å². The predicted molar refractivity (Wildman–Crippen MR) is 97.0 cm³/mol. The fraction of sp³-hybridized carbons (Fsp3) is 0.688. The van der Waals surface area contributed by atoms with Crippen LogP contribution in [0.15, 0.2) is 27.8 Å². The molecule has 1 saturated heterocycles. The fourth-order valence-corrected chi connectivity index (χ4v) is 3.78. The minimum Gasteiger partial charge on any atom is -0.466 e. The summed E-state index contributed by atoms with van der Waals surface area (Å²) in [6, 6.07) is 3.04. The van der Waals surface area contributed by atoms with E-state index in [1.54, 1.807) is 19.1 Å². The highest BCUT2D eigenvalue weighted by molar-refractivity contribution is 7.90. The van der Waals surface area contributed by atoms with Crippen LogP contribution in [-0.4, -0.2) is 61.5 Å². The maximum atomic E-state index is 12.6. The molecule has 1 aromatic heterocycles. The van der Waals surface area contributed by atoms with Gasteiger partial charge in [0.2, 0.25) is 0 Å². The largest absolute Gasteiger partial charge is 0.511 e. The lowest BCUT2D eigenvalue weighted by Crippen LogP contribution is -2.51. The summed E-state index contributed by atoms with van der Waals surface area (Å²) in [7, 11) is -5.30. The van der Waals surface area contributed by atoms with E-state index in [0.29, 0.717) is 22.6 Å². The quantitative estimate of drug-likeness (QED) is 0.468. The molecule has 1 aliphatic heterocycles. The zero-order valence-corrected chi connectivity index (χ0v) is 16.5. The monoisotopic (exact) mass is 426 g/mol. The third-order valence-electron chi connectivity index (χ3n) is 4.37. The molecule has 0 aliphatic carbocycles. The first-order valence-electron chi connectivity index (χ1n) is 8.85. The first kappa shape index (κ1) is 22.5. The van der Waals surface area contributed by atoms with E-state index in [9.17, 15) is 26.7 Å². The summed E-state index contributed by atoms with van der Waals surface area (Å²) in [4.78, 5) is 4.31.